The summed E-state index contributed by atoms with van der Waals surface area (Å²) in [5, 5.41) is 10.3. The normalized spacial score (nSPS) is 18.6. The second kappa shape index (κ2) is 5.12. The maximum atomic E-state index is 12.1. The standard InChI is InChI=1S/C13H19NO4/c1-10-7-11(8-18-10)12(15)14(2)9-13(16)3-5-17-6-4-13/h7-8,16H,3-6,9H2,1-2H3. The Bertz CT molecular complexity index is 420. The zero-order valence-electron chi connectivity index (χ0n) is 10.8. The number of hydrogen-bond donors (Lipinski definition) is 1. The summed E-state index contributed by atoms with van der Waals surface area (Å²) in [7, 11) is 1.69. The van der Waals surface area contributed by atoms with Crippen molar-refractivity contribution in [3.8, 4) is 0 Å². The van der Waals surface area contributed by atoms with Crippen molar-refractivity contribution in [2.75, 3.05) is 26.8 Å². The van der Waals surface area contributed by atoms with Crippen molar-refractivity contribution < 1.29 is 19.1 Å². The van der Waals surface area contributed by atoms with Gasteiger partial charge < -0.3 is 19.2 Å². The maximum Gasteiger partial charge on any atom is 0.256 e. The summed E-state index contributed by atoms with van der Waals surface area (Å²) >= 11 is 0. The maximum absolute atomic E-state index is 12.1. The average Bonchev–Trinajstić information content (AvgIpc) is 2.75. The van der Waals surface area contributed by atoms with Crippen LogP contribution < -0.4 is 0 Å². The highest BCUT2D eigenvalue weighted by atomic mass is 16.5. The summed E-state index contributed by atoms with van der Waals surface area (Å²) in [4.78, 5) is 13.6. The lowest BCUT2D eigenvalue weighted by Crippen LogP contribution is -2.47. The van der Waals surface area contributed by atoms with Gasteiger partial charge in [0.1, 0.15) is 12.0 Å². The van der Waals surface area contributed by atoms with Crippen LogP contribution in [0.25, 0.3) is 0 Å². The van der Waals surface area contributed by atoms with Crippen molar-refractivity contribution in [2.24, 2.45) is 0 Å². The molecule has 0 aromatic carbocycles. The fourth-order valence-electron chi connectivity index (χ4n) is 2.20. The van der Waals surface area contributed by atoms with Crippen LogP contribution in [0.4, 0.5) is 0 Å². The Kier molecular flexibility index (Phi) is 3.73. The lowest BCUT2D eigenvalue weighted by atomic mass is 9.94. The molecule has 1 aliphatic rings. The number of hydrogen-bond acceptors (Lipinski definition) is 4. The van der Waals surface area contributed by atoms with Gasteiger partial charge in [-0.1, -0.05) is 0 Å². The Morgan fingerprint density at radius 3 is 2.72 bits per heavy atom. The molecule has 0 radical (unpaired) electrons. The van der Waals surface area contributed by atoms with Gasteiger partial charge in [-0.2, -0.15) is 0 Å². The van der Waals surface area contributed by atoms with E-state index in [4.69, 9.17) is 9.15 Å². The predicted molar refractivity (Wildman–Crippen MR) is 65.4 cm³/mol. The molecule has 0 saturated carbocycles. The summed E-state index contributed by atoms with van der Waals surface area (Å²) in [5.74, 6) is 0.572. The second-order valence-electron chi connectivity index (χ2n) is 4.94. The highest BCUT2D eigenvalue weighted by Gasteiger charge is 2.32. The molecule has 5 heteroatoms. The highest BCUT2D eigenvalue weighted by molar-refractivity contribution is 5.93. The summed E-state index contributed by atoms with van der Waals surface area (Å²) < 4.78 is 10.3. The van der Waals surface area contributed by atoms with Crippen LogP contribution in [0.1, 0.15) is 29.0 Å². The van der Waals surface area contributed by atoms with Crippen molar-refractivity contribution in [2.45, 2.75) is 25.4 Å². The second-order valence-corrected chi connectivity index (χ2v) is 4.94. The summed E-state index contributed by atoms with van der Waals surface area (Å²) in [6.07, 6.45) is 2.58. The quantitative estimate of drug-likeness (QED) is 0.879. The van der Waals surface area contributed by atoms with Gasteiger partial charge in [0, 0.05) is 39.6 Å². The van der Waals surface area contributed by atoms with E-state index in [1.54, 1.807) is 20.0 Å². The van der Waals surface area contributed by atoms with Gasteiger partial charge in [-0.3, -0.25) is 4.79 Å². The summed E-state index contributed by atoms with van der Waals surface area (Å²) in [6.45, 7) is 3.20. The molecule has 1 N–H and O–H groups in total. The Labute approximate surface area is 106 Å². The average molecular weight is 253 g/mol. The largest absolute Gasteiger partial charge is 0.469 e. The molecule has 1 aromatic heterocycles. The Balaban J connectivity index is 1.98. The lowest BCUT2D eigenvalue weighted by Gasteiger charge is -2.35. The van der Waals surface area contributed by atoms with E-state index in [1.807, 2.05) is 0 Å². The molecule has 5 nitrogen and oxygen atoms in total. The number of nitrogens with zero attached hydrogens (tertiary/aromatic N) is 1. The number of likely N-dealkylation sites (N-methyl/N-ethyl adjacent to an activating group) is 1. The van der Waals surface area contributed by atoms with Crippen LogP contribution in [-0.2, 0) is 4.74 Å². The van der Waals surface area contributed by atoms with Gasteiger partial charge in [0.2, 0.25) is 0 Å². The molecule has 1 fully saturated rings. The van der Waals surface area contributed by atoms with E-state index >= 15 is 0 Å². The van der Waals surface area contributed by atoms with Crippen molar-refractivity contribution in [3.05, 3.63) is 23.7 Å². The zero-order chi connectivity index (χ0) is 13.2. The van der Waals surface area contributed by atoms with Crippen molar-refractivity contribution in [1.82, 2.24) is 4.90 Å². The molecule has 0 spiro atoms. The van der Waals surface area contributed by atoms with Crippen LogP contribution in [-0.4, -0.2) is 48.3 Å². The first-order valence-corrected chi connectivity index (χ1v) is 6.11. The lowest BCUT2D eigenvalue weighted by molar-refractivity contribution is -0.0734. The van der Waals surface area contributed by atoms with Gasteiger partial charge in [-0.15, -0.1) is 0 Å². The van der Waals surface area contributed by atoms with E-state index in [0.717, 1.165) is 0 Å². The predicted octanol–water partition coefficient (Wildman–Crippen LogP) is 1.20. The molecule has 1 amide bonds. The SMILES string of the molecule is Cc1cc(C(=O)N(C)CC2(O)CCOCC2)co1. The number of aryl methyl sites for hydroxylation is 1. The number of carbonyl (C=O) groups excluding carboxylic acids is 1. The molecule has 1 aliphatic heterocycles. The third-order valence-corrected chi connectivity index (χ3v) is 3.28. The van der Waals surface area contributed by atoms with E-state index in [9.17, 15) is 9.90 Å². The van der Waals surface area contributed by atoms with Crippen LogP contribution in [0, 0.1) is 6.92 Å². The van der Waals surface area contributed by atoms with Crippen LogP contribution in [0.3, 0.4) is 0 Å². The first-order chi connectivity index (χ1) is 8.50. The fraction of sp³-hybridized carbons (Fsp3) is 0.615. The van der Waals surface area contributed by atoms with E-state index in [0.29, 0.717) is 43.9 Å². The number of ether oxygens (including phenoxy) is 1. The van der Waals surface area contributed by atoms with Gasteiger partial charge in [-0.25, -0.2) is 0 Å². The minimum absolute atomic E-state index is 0.133. The van der Waals surface area contributed by atoms with E-state index < -0.39 is 5.60 Å². The minimum Gasteiger partial charge on any atom is -0.469 e. The van der Waals surface area contributed by atoms with Crippen LogP contribution in [0.2, 0.25) is 0 Å². The number of amides is 1. The third-order valence-electron chi connectivity index (χ3n) is 3.28. The molecule has 1 aromatic rings. The van der Waals surface area contributed by atoms with Crippen LogP contribution in [0.5, 0.6) is 0 Å². The van der Waals surface area contributed by atoms with Gasteiger partial charge in [0.05, 0.1) is 11.2 Å². The zero-order valence-corrected chi connectivity index (χ0v) is 10.8. The third kappa shape index (κ3) is 2.91. The molecule has 0 unspecified atom stereocenters. The molecule has 100 valence electrons. The van der Waals surface area contributed by atoms with Crippen LogP contribution in [0.15, 0.2) is 16.7 Å². The minimum atomic E-state index is -0.832. The number of furan rings is 1. The van der Waals surface area contributed by atoms with Crippen molar-refractivity contribution in [3.63, 3.8) is 0 Å². The van der Waals surface area contributed by atoms with Crippen molar-refractivity contribution in [1.29, 1.82) is 0 Å². The Hall–Kier alpha value is -1.33. The van der Waals surface area contributed by atoms with Gasteiger partial charge in [0.15, 0.2) is 0 Å². The molecule has 0 aliphatic carbocycles. The molecule has 0 atom stereocenters. The molecular formula is C13H19NO4. The fourth-order valence-corrected chi connectivity index (χ4v) is 2.20. The van der Waals surface area contributed by atoms with E-state index in [2.05, 4.69) is 0 Å². The highest BCUT2D eigenvalue weighted by Crippen LogP contribution is 2.22. The Morgan fingerprint density at radius 2 is 2.17 bits per heavy atom. The molecular weight excluding hydrogens is 234 g/mol. The van der Waals surface area contributed by atoms with Gasteiger partial charge >= 0.3 is 0 Å². The van der Waals surface area contributed by atoms with E-state index in [1.165, 1.54) is 11.2 Å². The molecule has 0 bridgehead atoms. The topological polar surface area (TPSA) is 62.9 Å². The number of aliphatic hydroxyl groups is 1. The van der Waals surface area contributed by atoms with Crippen molar-refractivity contribution >= 4 is 5.91 Å². The molecule has 2 heterocycles. The number of rotatable bonds is 3. The number of carbonyl (C=O) groups is 1. The van der Waals surface area contributed by atoms with E-state index in [-0.39, 0.29) is 5.91 Å². The first kappa shape index (κ1) is 13.1. The summed E-state index contributed by atoms with van der Waals surface area (Å²) in [5.41, 5.74) is -0.313. The Morgan fingerprint density at radius 1 is 1.50 bits per heavy atom. The molecule has 2 rings (SSSR count). The van der Waals surface area contributed by atoms with Crippen LogP contribution >= 0.6 is 0 Å². The molecule has 18 heavy (non-hydrogen) atoms. The smallest absolute Gasteiger partial charge is 0.256 e. The van der Waals surface area contributed by atoms with Gasteiger partial charge in [0.25, 0.3) is 5.91 Å². The first-order valence-electron chi connectivity index (χ1n) is 6.11. The molecule has 1 saturated heterocycles. The summed E-state index contributed by atoms with van der Waals surface area (Å²) in [6, 6.07) is 1.70. The van der Waals surface area contributed by atoms with Gasteiger partial charge in [-0.05, 0) is 13.0 Å². The monoisotopic (exact) mass is 253 g/mol.